The Kier molecular flexibility index (Phi) is 3.09. The van der Waals surface area contributed by atoms with Crippen molar-refractivity contribution >= 4 is 33.3 Å². The lowest BCUT2D eigenvalue weighted by Gasteiger charge is -1.78. The third kappa shape index (κ3) is 2.23. The van der Waals surface area contributed by atoms with Crippen LogP contribution in [0.4, 0.5) is 0 Å². The minimum absolute atomic E-state index is 0.892. The van der Waals surface area contributed by atoms with Gasteiger partial charge in [0.2, 0.25) is 0 Å². The Bertz CT molecular complexity index is 229. The number of rotatable bonds is 2. The first-order valence-electron chi connectivity index (χ1n) is 2.97. The molecule has 0 bridgehead atoms. The number of allylic oxidation sites excluding steroid dienone is 1. The van der Waals surface area contributed by atoms with Gasteiger partial charge in [0.1, 0.15) is 0 Å². The lowest BCUT2D eigenvalue weighted by molar-refractivity contribution is 1.27. The van der Waals surface area contributed by atoms with E-state index in [0.29, 0.717) is 0 Å². The van der Waals surface area contributed by atoms with E-state index < -0.39 is 0 Å². The van der Waals surface area contributed by atoms with Crippen molar-refractivity contribution in [1.29, 1.82) is 0 Å². The van der Waals surface area contributed by atoms with Gasteiger partial charge in [0.15, 0.2) is 0 Å². The Morgan fingerprint density at radius 3 is 3.10 bits per heavy atom. The van der Waals surface area contributed by atoms with Gasteiger partial charge in [-0.3, -0.25) is 0 Å². The van der Waals surface area contributed by atoms with Crippen LogP contribution in [0, 0.1) is 6.92 Å². The van der Waals surface area contributed by atoms with Gasteiger partial charge < -0.3 is 0 Å². The second kappa shape index (κ2) is 3.88. The standard InChI is InChI=1S/C7H8BrNS/c1-6-9-7(5-10-6)3-2-4-8/h2-3,5H,4H2,1H3. The Hall–Kier alpha value is -0.150. The molecule has 1 heterocycles. The summed E-state index contributed by atoms with van der Waals surface area (Å²) in [5.74, 6) is 0. The molecule has 1 aromatic rings. The number of halogens is 1. The normalized spacial score (nSPS) is 11.0. The molecule has 3 heteroatoms. The lowest BCUT2D eigenvalue weighted by atomic mass is 10.4. The Morgan fingerprint density at radius 2 is 2.60 bits per heavy atom. The van der Waals surface area contributed by atoms with Crippen molar-refractivity contribution in [2.75, 3.05) is 5.33 Å². The number of alkyl halides is 1. The molecule has 54 valence electrons. The average molecular weight is 218 g/mol. The summed E-state index contributed by atoms with van der Waals surface area (Å²) in [6.45, 7) is 2.01. The minimum Gasteiger partial charge on any atom is -0.242 e. The van der Waals surface area contributed by atoms with Gasteiger partial charge in [0.05, 0.1) is 10.7 Å². The van der Waals surface area contributed by atoms with Gasteiger partial charge in [-0.05, 0) is 13.0 Å². The predicted octanol–water partition coefficient (Wildman–Crippen LogP) is 2.86. The molecule has 1 rings (SSSR count). The van der Waals surface area contributed by atoms with Crippen molar-refractivity contribution in [2.24, 2.45) is 0 Å². The smallest absolute Gasteiger partial charge is 0.0901 e. The van der Waals surface area contributed by atoms with Crippen LogP contribution in [0.1, 0.15) is 10.7 Å². The molecular formula is C7H8BrNS. The molecule has 10 heavy (non-hydrogen) atoms. The molecule has 0 aliphatic heterocycles. The zero-order chi connectivity index (χ0) is 7.40. The highest BCUT2D eigenvalue weighted by Crippen LogP contribution is 2.08. The van der Waals surface area contributed by atoms with E-state index in [0.717, 1.165) is 16.0 Å². The summed E-state index contributed by atoms with van der Waals surface area (Å²) in [4.78, 5) is 4.26. The summed E-state index contributed by atoms with van der Waals surface area (Å²) in [6, 6.07) is 0. The number of thiazole rings is 1. The van der Waals surface area contributed by atoms with Crippen molar-refractivity contribution in [3.63, 3.8) is 0 Å². The molecule has 0 N–H and O–H groups in total. The molecule has 1 aromatic heterocycles. The lowest BCUT2D eigenvalue weighted by Crippen LogP contribution is -1.70. The van der Waals surface area contributed by atoms with Crippen molar-refractivity contribution in [3.8, 4) is 0 Å². The van der Waals surface area contributed by atoms with Crippen molar-refractivity contribution < 1.29 is 0 Å². The molecule has 1 nitrogen and oxygen atoms in total. The van der Waals surface area contributed by atoms with Gasteiger partial charge in [-0.15, -0.1) is 11.3 Å². The van der Waals surface area contributed by atoms with E-state index in [1.807, 2.05) is 19.1 Å². The molecular weight excluding hydrogens is 210 g/mol. The van der Waals surface area contributed by atoms with Crippen LogP contribution < -0.4 is 0 Å². The summed E-state index contributed by atoms with van der Waals surface area (Å²) < 4.78 is 0. The highest BCUT2D eigenvalue weighted by atomic mass is 79.9. The quantitative estimate of drug-likeness (QED) is 0.695. The van der Waals surface area contributed by atoms with Gasteiger partial charge in [-0.25, -0.2) is 4.98 Å². The highest BCUT2D eigenvalue weighted by molar-refractivity contribution is 9.09. The van der Waals surface area contributed by atoms with Gasteiger partial charge in [0, 0.05) is 10.7 Å². The van der Waals surface area contributed by atoms with E-state index >= 15 is 0 Å². The molecule has 0 spiro atoms. The van der Waals surface area contributed by atoms with Crippen LogP contribution in [0.5, 0.6) is 0 Å². The predicted molar refractivity (Wildman–Crippen MR) is 49.7 cm³/mol. The molecule has 0 unspecified atom stereocenters. The summed E-state index contributed by atoms with van der Waals surface area (Å²) in [5.41, 5.74) is 1.06. The number of aromatic nitrogens is 1. The summed E-state index contributed by atoms with van der Waals surface area (Å²) >= 11 is 4.98. The Labute approximate surface area is 72.9 Å². The first kappa shape index (κ1) is 7.95. The third-order valence-corrected chi connectivity index (χ3v) is 2.18. The number of hydrogen-bond acceptors (Lipinski definition) is 2. The van der Waals surface area contributed by atoms with Crippen LogP contribution in [0.15, 0.2) is 11.5 Å². The summed E-state index contributed by atoms with van der Waals surface area (Å²) in [5, 5.41) is 4.06. The molecule has 0 amide bonds. The van der Waals surface area contributed by atoms with Crippen LogP contribution in [0.25, 0.3) is 6.08 Å². The van der Waals surface area contributed by atoms with Crippen LogP contribution >= 0.6 is 27.3 Å². The van der Waals surface area contributed by atoms with Crippen molar-refractivity contribution in [1.82, 2.24) is 4.98 Å². The van der Waals surface area contributed by atoms with Gasteiger partial charge in [-0.2, -0.15) is 0 Å². The third-order valence-electron chi connectivity index (χ3n) is 1.01. The van der Waals surface area contributed by atoms with E-state index in [9.17, 15) is 0 Å². The summed E-state index contributed by atoms with van der Waals surface area (Å²) in [7, 11) is 0. The maximum absolute atomic E-state index is 4.26. The van der Waals surface area contributed by atoms with Crippen LogP contribution in [0.2, 0.25) is 0 Å². The van der Waals surface area contributed by atoms with E-state index in [1.165, 1.54) is 0 Å². The minimum atomic E-state index is 0.892. The highest BCUT2D eigenvalue weighted by Gasteiger charge is 1.90. The molecule has 0 saturated carbocycles. The molecule has 0 atom stereocenters. The van der Waals surface area contributed by atoms with Crippen LogP contribution in [-0.4, -0.2) is 10.3 Å². The van der Waals surface area contributed by atoms with E-state index in [1.54, 1.807) is 11.3 Å². The fourth-order valence-corrected chi connectivity index (χ4v) is 1.39. The largest absolute Gasteiger partial charge is 0.242 e. The fourth-order valence-electron chi connectivity index (χ4n) is 0.622. The SMILES string of the molecule is Cc1nc(C=CCBr)cs1. The number of hydrogen-bond donors (Lipinski definition) is 0. The van der Waals surface area contributed by atoms with Crippen LogP contribution in [-0.2, 0) is 0 Å². The van der Waals surface area contributed by atoms with Crippen LogP contribution in [0.3, 0.4) is 0 Å². The Morgan fingerprint density at radius 1 is 1.80 bits per heavy atom. The molecule has 0 aliphatic carbocycles. The van der Waals surface area contributed by atoms with Gasteiger partial charge in [-0.1, -0.05) is 22.0 Å². The van der Waals surface area contributed by atoms with Gasteiger partial charge >= 0.3 is 0 Å². The molecule has 0 saturated heterocycles. The zero-order valence-corrected chi connectivity index (χ0v) is 8.08. The fraction of sp³-hybridized carbons (Fsp3) is 0.286. The van der Waals surface area contributed by atoms with E-state index in [2.05, 4.69) is 26.3 Å². The van der Waals surface area contributed by atoms with E-state index in [4.69, 9.17) is 0 Å². The maximum atomic E-state index is 4.26. The molecule has 0 aromatic carbocycles. The monoisotopic (exact) mass is 217 g/mol. The van der Waals surface area contributed by atoms with Crippen molar-refractivity contribution in [3.05, 3.63) is 22.2 Å². The molecule has 0 fully saturated rings. The van der Waals surface area contributed by atoms with Crippen molar-refractivity contribution in [2.45, 2.75) is 6.92 Å². The summed E-state index contributed by atoms with van der Waals surface area (Å²) in [6.07, 6.45) is 4.05. The second-order valence-corrected chi connectivity index (χ2v) is 3.56. The molecule has 0 aliphatic rings. The average Bonchev–Trinajstić information content (AvgIpc) is 2.31. The first-order valence-corrected chi connectivity index (χ1v) is 4.97. The second-order valence-electron chi connectivity index (χ2n) is 1.85. The number of nitrogens with zero attached hydrogens (tertiary/aromatic N) is 1. The number of aryl methyl sites for hydroxylation is 1. The van der Waals surface area contributed by atoms with E-state index in [-0.39, 0.29) is 0 Å². The zero-order valence-electron chi connectivity index (χ0n) is 5.67. The topological polar surface area (TPSA) is 12.9 Å². The maximum Gasteiger partial charge on any atom is 0.0901 e. The first-order chi connectivity index (χ1) is 4.83. The molecule has 0 radical (unpaired) electrons. The Balaban J connectivity index is 2.67. The van der Waals surface area contributed by atoms with Gasteiger partial charge in [0.25, 0.3) is 0 Å².